The van der Waals surface area contributed by atoms with Crippen molar-refractivity contribution in [3.63, 3.8) is 0 Å². The Balaban J connectivity index is 1.63. The highest BCUT2D eigenvalue weighted by Crippen LogP contribution is 2.25. The van der Waals surface area contributed by atoms with Gasteiger partial charge in [0.25, 0.3) is 5.91 Å². The minimum atomic E-state index is -0.757. The van der Waals surface area contributed by atoms with E-state index < -0.39 is 11.6 Å². The van der Waals surface area contributed by atoms with Crippen LogP contribution >= 0.6 is 11.6 Å². The number of anilines is 1. The van der Waals surface area contributed by atoms with Crippen LogP contribution in [0.15, 0.2) is 30.5 Å². The first-order chi connectivity index (χ1) is 13.3. The minimum Gasteiger partial charge on any atom is -0.487 e. The number of nitrogens with zero attached hydrogens (tertiary/aromatic N) is 2. The third kappa shape index (κ3) is 4.75. The van der Waals surface area contributed by atoms with Gasteiger partial charge < -0.3 is 15.0 Å². The normalized spacial score (nSPS) is 14.6. The summed E-state index contributed by atoms with van der Waals surface area (Å²) in [6.07, 6.45) is 2.01. The number of ether oxygens (including phenoxy) is 1. The number of aromatic nitrogens is 1. The zero-order chi connectivity index (χ0) is 20.3. The molecule has 1 aliphatic rings. The van der Waals surface area contributed by atoms with Crippen molar-refractivity contribution in [1.29, 1.82) is 0 Å². The highest BCUT2D eigenvalue weighted by molar-refractivity contribution is 6.33. The number of halogens is 3. The quantitative estimate of drug-likeness (QED) is 0.836. The van der Waals surface area contributed by atoms with Crippen LogP contribution in [0.5, 0.6) is 5.75 Å². The first-order valence-electron chi connectivity index (χ1n) is 8.67. The predicted octanol–water partition coefficient (Wildman–Crippen LogP) is 3.66. The molecule has 1 aromatic carbocycles. The van der Waals surface area contributed by atoms with Crippen LogP contribution in [0.25, 0.3) is 0 Å². The largest absolute Gasteiger partial charge is 0.487 e. The molecule has 2 aromatic rings. The lowest BCUT2D eigenvalue weighted by atomic mass is 10.1. The van der Waals surface area contributed by atoms with Crippen molar-refractivity contribution in [3.05, 3.63) is 52.7 Å². The molecular weight excluding hydrogens is 392 g/mol. The molecular formula is C19H18ClF2N3O3. The summed E-state index contributed by atoms with van der Waals surface area (Å²) in [6, 6.07) is 4.59. The molecule has 9 heteroatoms. The van der Waals surface area contributed by atoms with Crippen molar-refractivity contribution in [3.8, 4) is 5.75 Å². The average molecular weight is 410 g/mol. The molecule has 0 aliphatic carbocycles. The molecule has 148 valence electrons. The molecule has 0 saturated carbocycles. The van der Waals surface area contributed by atoms with Crippen molar-refractivity contribution >= 4 is 29.2 Å². The van der Waals surface area contributed by atoms with Crippen LogP contribution < -0.4 is 10.1 Å². The van der Waals surface area contributed by atoms with Crippen LogP contribution in [0.3, 0.4) is 0 Å². The molecule has 0 atom stereocenters. The van der Waals surface area contributed by atoms with Crippen molar-refractivity contribution in [2.75, 3.05) is 18.4 Å². The number of pyridine rings is 1. The van der Waals surface area contributed by atoms with Gasteiger partial charge in [0.05, 0.1) is 10.6 Å². The summed E-state index contributed by atoms with van der Waals surface area (Å²) in [6.45, 7) is 2.12. The molecule has 1 saturated heterocycles. The van der Waals surface area contributed by atoms with E-state index in [1.807, 2.05) is 0 Å². The van der Waals surface area contributed by atoms with Gasteiger partial charge in [-0.15, -0.1) is 0 Å². The number of amides is 2. The van der Waals surface area contributed by atoms with Crippen molar-refractivity contribution in [1.82, 2.24) is 9.88 Å². The summed E-state index contributed by atoms with van der Waals surface area (Å²) in [4.78, 5) is 29.5. The zero-order valence-corrected chi connectivity index (χ0v) is 15.8. The monoisotopic (exact) mass is 409 g/mol. The zero-order valence-electron chi connectivity index (χ0n) is 15.0. The second-order valence-corrected chi connectivity index (χ2v) is 6.82. The number of hydrogen-bond donors (Lipinski definition) is 1. The standard InChI is InChI=1S/C19H18ClF2N3O3/c1-11(26)24-18-9-14(15(20)10-23-18)19(27)25-6-4-13(5-7-25)28-17-3-2-12(21)8-16(17)22/h2-3,8-10,13H,4-7H2,1H3,(H,23,24,26). The Bertz CT molecular complexity index is 902. The molecule has 2 heterocycles. The Labute approximate surface area is 165 Å². The molecule has 3 rings (SSSR count). The molecule has 2 amide bonds. The SMILES string of the molecule is CC(=O)Nc1cc(C(=O)N2CCC(Oc3ccc(F)cc3F)CC2)c(Cl)cn1. The van der Waals surface area contributed by atoms with Gasteiger partial charge in [0.1, 0.15) is 17.7 Å². The number of hydrogen-bond acceptors (Lipinski definition) is 4. The topological polar surface area (TPSA) is 71.5 Å². The Morgan fingerprint density at radius 2 is 1.96 bits per heavy atom. The number of carbonyl (C=O) groups excluding carboxylic acids is 2. The van der Waals surface area contributed by atoms with Crippen LogP contribution in [0.2, 0.25) is 5.02 Å². The molecule has 1 aromatic heterocycles. The lowest BCUT2D eigenvalue weighted by molar-refractivity contribution is -0.114. The molecule has 6 nitrogen and oxygen atoms in total. The number of likely N-dealkylation sites (tertiary alicyclic amines) is 1. The van der Waals surface area contributed by atoms with Gasteiger partial charge in [-0.3, -0.25) is 9.59 Å². The maximum absolute atomic E-state index is 13.7. The highest BCUT2D eigenvalue weighted by Gasteiger charge is 2.27. The summed E-state index contributed by atoms with van der Waals surface area (Å²) >= 11 is 6.09. The Morgan fingerprint density at radius 3 is 2.61 bits per heavy atom. The van der Waals surface area contributed by atoms with Gasteiger partial charge in [-0.05, 0) is 18.2 Å². The molecule has 1 aliphatic heterocycles. The fourth-order valence-corrected chi connectivity index (χ4v) is 3.13. The van der Waals surface area contributed by atoms with Crippen molar-refractivity contribution in [2.24, 2.45) is 0 Å². The second kappa shape index (κ2) is 8.52. The van der Waals surface area contributed by atoms with E-state index in [1.165, 1.54) is 25.3 Å². The van der Waals surface area contributed by atoms with Crippen LogP contribution in [-0.2, 0) is 4.79 Å². The summed E-state index contributed by atoms with van der Waals surface area (Å²) < 4.78 is 32.3. The van der Waals surface area contributed by atoms with Gasteiger partial charge in [0.15, 0.2) is 11.6 Å². The van der Waals surface area contributed by atoms with Gasteiger partial charge >= 0.3 is 0 Å². The highest BCUT2D eigenvalue weighted by atomic mass is 35.5. The van der Waals surface area contributed by atoms with E-state index in [0.29, 0.717) is 25.9 Å². The predicted molar refractivity (Wildman–Crippen MR) is 99.5 cm³/mol. The number of benzene rings is 1. The molecule has 28 heavy (non-hydrogen) atoms. The Kier molecular flexibility index (Phi) is 6.08. The Morgan fingerprint density at radius 1 is 1.25 bits per heavy atom. The number of carbonyl (C=O) groups is 2. The van der Waals surface area contributed by atoms with Gasteiger partial charge in [-0.2, -0.15) is 0 Å². The second-order valence-electron chi connectivity index (χ2n) is 6.41. The van der Waals surface area contributed by atoms with E-state index in [4.69, 9.17) is 16.3 Å². The minimum absolute atomic E-state index is 0.0108. The van der Waals surface area contributed by atoms with Crippen LogP contribution in [0.4, 0.5) is 14.6 Å². The van der Waals surface area contributed by atoms with E-state index in [1.54, 1.807) is 4.90 Å². The number of piperidine rings is 1. The fraction of sp³-hybridized carbons (Fsp3) is 0.316. The fourth-order valence-electron chi connectivity index (χ4n) is 2.95. The van der Waals surface area contributed by atoms with E-state index in [0.717, 1.165) is 12.1 Å². The molecule has 1 N–H and O–H groups in total. The number of nitrogens with one attached hydrogen (secondary N) is 1. The van der Waals surface area contributed by atoms with Gasteiger partial charge in [0, 0.05) is 45.1 Å². The average Bonchev–Trinajstić information content (AvgIpc) is 2.65. The first kappa shape index (κ1) is 20.0. The smallest absolute Gasteiger partial charge is 0.255 e. The van der Waals surface area contributed by atoms with Gasteiger partial charge in [-0.25, -0.2) is 13.8 Å². The van der Waals surface area contributed by atoms with Crippen LogP contribution in [-0.4, -0.2) is 40.9 Å². The van der Waals surface area contributed by atoms with E-state index >= 15 is 0 Å². The lowest BCUT2D eigenvalue weighted by Gasteiger charge is -2.32. The maximum atomic E-state index is 13.7. The molecule has 1 fully saturated rings. The number of rotatable bonds is 4. The lowest BCUT2D eigenvalue weighted by Crippen LogP contribution is -2.42. The molecule has 0 radical (unpaired) electrons. The summed E-state index contributed by atoms with van der Waals surface area (Å²) in [5.74, 6) is -1.79. The van der Waals surface area contributed by atoms with Crippen molar-refractivity contribution < 1.29 is 23.1 Å². The molecule has 0 bridgehead atoms. The van der Waals surface area contributed by atoms with Crippen molar-refractivity contribution in [2.45, 2.75) is 25.9 Å². The van der Waals surface area contributed by atoms with Crippen LogP contribution in [0, 0.1) is 11.6 Å². The van der Waals surface area contributed by atoms with E-state index in [9.17, 15) is 18.4 Å². The first-order valence-corrected chi connectivity index (χ1v) is 9.05. The maximum Gasteiger partial charge on any atom is 0.255 e. The molecule has 0 unspecified atom stereocenters. The third-order valence-corrected chi connectivity index (χ3v) is 4.61. The summed E-state index contributed by atoms with van der Waals surface area (Å²) in [7, 11) is 0. The Hall–Kier alpha value is -2.74. The summed E-state index contributed by atoms with van der Waals surface area (Å²) in [5, 5.41) is 2.70. The van der Waals surface area contributed by atoms with Gasteiger partial charge in [-0.1, -0.05) is 11.6 Å². The van der Waals surface area contributed by atoms with Crippen LogP contribution in [0.1, 0.15) is 30.1 Å². The van der Waals surface area contributed by atoms with Gasteiger partial charge in [0.2, 0.25) is 5.91 Å². The van der Waals surface area contributed by atoms with E-state index in [-0.39, 0.29) is 40.1 Å². The van der Waals surface area contributed by atoms with E-state index in [2.05, 4.69) is 10.3 Å². The third-order valence-electron chi connectivity index (χ3n) is 4.31. The molecule has 0 spiro atoms. The summed E-state index contributed by atoms with van der Waals surface area (Å²) in [5.41, 5.74) is 0.240.